The summed E-state index contributed by atoms with van der Waals surface area (Å²) in [6.45, 7) is 3.61. The van der Waals surface area contributed by atoms with E-state index in [0.29, 0.717) is 0 Å². The number of esters is 1. The molecule has 7 heteroatoms. The summed E-state index contributed by atoms with van der Waals surface area (Å²) in [6, 6.07) is 0. The molecule has 1 atom stereocenters. The molecule has 0 saturated heterocycles. The second-order valence-electron chi connectivity index (χ2n) is 4.46. The lowest BCUT2D eigenvalue weighted by Gasteiger charge is -2.10. The van der Waals surface area contributed by atoms with Crippen LogP contribution in [0.25, 0.3) is 0 Å². The molecular weight excluding hydrogens is 272 g/mol. The maximum atomic E-state index is 11.3. The molecular formula is C12H24O6S. The second kappa shape index (κ2) is 10.2. The van der Waals surface area contributed by atoms with Crippen molar-refractivity contribution in [3.63, 3.8) is 0 Å². The summed E-state index contributed by atoms with van der Waals surface area (Å²) < 4.78 is 38.1. The fraction of sp³-hybridized carbons (Fsp3) is 0.917. The Bertz CT molecular complexity index is 338. The molecule has 6 nitrogen and oxygen atoms in total. The van der Waals surface area contributed by atoms with E-state index in [0.717, 1.165) is 19.3 Å². The van der Waals surface area contributed by atoms with Crippen LogP contribution in [-0.4, -0.2) is 31.7 Å². The normalized spacial score (nSPS) is 13.2. The Morgan fingerprint density at radius 2 is 1.63 bits per heavy atom. The highest BCUT2D eigenvalue weighted by Gasteiger charge is 2.21. The largest absolute Gasteiger partial charge is 0.464 e. The van der Waals surface area contributed by atoms with Gasteiger partial charge in [0, 0.05) is 0 Å². The smallest absolute Gasteiger partial charge is 0.398 e. The van der Waals surface area contributed by atoms with Gasteiger partial charge in [0.2, 0.25) is 0 Å². The van der Waals surface area contributed by atoms with E-state index in [-0.39, 0.29) is 6.61 Å². The van der Waals surface area contributed by atoms with E-state index in [1.807, 2.05) is 0 Å². The van der Waals surface area contributed by atoms with Crippen LogP contribution in [0.3, 0.4) is 0 Å². The molecule has 0 fully saturated rings. The van der Waals surface area contributed by atoms with Gasteiger partial charge in [0.1, 0.15) is 0 Å². The van der Waals surface area contributed by atoms with Gasteiger partial charge in [-0.1, -0.05) is 45.4 Å². The third-order valence-corrected chi connectivity index (χ3v) is 3.12. The molecule has 0 radical (unpaired) electrons. The van der Waals surface area contributed by atoms with Crippen LogP contribution in [0, 0.1) is 0 Å². The van der Waals surface area contributed by atoms with Crippen molar-refractivity contribution in [2.24, 2.45) is 0 Å². The molecule has 0 aromatic heterocycles. The van der Waals surface area contributed by atoms with Crippen molar-refractivity contribution < 1.29 is 26.7 Å². The summed E-state index contributed by atoms with van der Waals surface area (Å²) in [4.78, 5) is 11.3. The number of rotatable bonds is 11. The standard InChI is InChI=1S/C12H24O6S/c1-3-4-5-6-7-8-9-10-17-12(13)11(2)18-19(14,15)16/h11H,3-10H2,1-2H3,(H,14,15,16). The molecule has 19 heavy (non-hydrogen) atoms. The van der Waals surface area contributed by atoms with E-state index in [1.165, 1.54) is 32.6 Å². The predicted molar refractivity (Wildman–Crippen MR) is 71.0 cm³/mol. The number of hydrogen-bond donors (Lipinski definition) is 1. The van der Waals surface area contributed by atoms with Crippen molar-refractivity contribution >= 4 is 16.4 Å². The zero-order valence-electron chi connectivity index (χ0n) is 11.6. The number of carbonyl (C=O) groups is 1. The van der Waals surface area contributed by atoms with Gasteiger partial charge in [-0.3, -0.25) is 4.55 Å². The van der Waals surface area contributed by atoms with E-state index < -0.39 is 22.5 Å². The van der Waals surface area contributed by atoms with Gasteiger partial charge in [0.15, 0.2) is 6.10 Å². The van der Waals surface area contributed by atoms with Gasteiger partial charge in [-0.05, 0) is 13.3 Å². The number of hydrogen-bond acceptors (Lipinski definition) is 5. The van der Waals surface area contributed by atoms with Gasteiger partial charge in [0.05, 0.1) is 6.61 Å². The summed E-state index contributed by atoms with van der Waals surface area (Å²) in [5.41, 5.74) is 0. The lowest BCUT2D eigenvalue weighted by molar-refractivity contribution is -0.151. The highest BCUT2D eigenvalue weighted by molar-refractivity contribution is 7.80. The van der Waals surface area contributed by atoms with Gasteiger partial charge < -0.3 is 4.74 Å². The van der Waals surface area contributed by atoms with E-state index in [4.69, 9.17) is 9.29 Å². The second-order valence-corrected chi connectivity index (χ2v) is 5.50. The molecule has 0 amide bonds. The summed E-state index contributed by atoms with van der Waals surface area (Å²) in [5, 5.41) is 0. The fourth-order valence-electron chi connectivity index (χ4n) is 1.57. The quantitative estimate of drug-likeness (QED) is 0.358. The maximum absolute atomic E-state index is 11.3. The first-order valence-corrected chi connectivity index (χ1v) is 8.05. The number of ether oxygens (including phenoxy) is 1. The zero-order chi connectivity index (χ0) is 14.7. The van der Waals surface area contributed by atoms with Crippen LogP contribution in [0.4, 0.5) is 0 Å². The molecule has 0 aromatic carbocycles. The monoisotopic (exact) mass is 296 g/mol. The van der Waals surface area contributed by atoms with Crippen LogP contribution in [-0.2, 0) is 24.1 Å². The van der Waals surface area contributed by atoms with Crippen LogP contribution < -0.4 is 0 Å². The number of unbranched alkanes of at least 4 members (excludes halogenated alkanes) is 6. The Balaban J connectivity index is 3.53. The van der Waals surface area contributed by atoms with E-state index >= 15 is 0 Å². The van der Waals surface area contributed by atoms with Crippen LogP contribution in [0.5, 0.6) is 0 Å². The van der Waals surface area contributed by atoms with Gasteiger partial charge >= 0.3 is 16.4 Å². The molecule has 0 heterocycles. The molecule has 0 aliphatic carbocycles. The molecule has 0 aliphatic heterocycles. The van der Waals surface area contributed by atoms with Crippen LogP contribution in [0.2, 0.25) is 0 Å². The highest BCUT2D eigenvalue weighted by Crippen LogP contribution is 2.07. The van der Waals surface area contributed by atoms with Gasteiger partial charge in [-0.2, -0.15) is 8.42 Å². The van der Waals surface area contributed by atoms with Gasteiger partial charge in [-0.15, -0.1) is 0 Å². The summed E-state index contributed by atoms with van der Waals surface area (Å²) >= 11 is 0. The molecule has 1 N–H and O–H groups in total. The van der Waals surface area contributed by atoms with E-state index in [9.17, 15) is 13.2 Å². The minimum Gasteiger partial charge on any atom is -0.464 e. The molecule has 0 bridgehead atoms. The van der Waals surface area contributed by atoms with Crippen LogP contribution >= 0.6 is 0 Å². The molecule has 1 unspecified atom stereocenters. The third kappa shape index (κ3) is 12.1. The summed E-state index contributed by atoms with van der Waals surface area (Å²) in [6.07, 6.45) is 6.39. The van der Waals surface area contributed by atoms with Crippen molar-refractivity contribution in [3.8, 4) is 0 Å². The lowest BCUT2D eigenvalue weighted by Crippen LogP contribution is -2.26. The number of carbonyl (C=O) groups excluding carboxylic acids is 1. The average Bonchev–Trinajstić information content (AvgIpc) is 2.30. The van der Waals surface area contributed by atoms with Crippen molar-refractivity contribution in [1.82, 2.24) is 0 Å². The minimum atomic E-state index is -4.62. The highest BCUT2D eigenvalue weighted by atomic mass is 32.3. The molecule has 114 valence electrons. The Labute approximate surface area is 115 Å². The molecule has 0 aromatic rings. The Morgan fingerprint density at radius 3 is 2.16 bits per heavy atom. The van der Waals surface area contributed by atoms with Crippen molar-refractivity contribution in [2.75, 3.05) is 6.61 Å². The lowest BCUT2D eigenvalue weighted by atomic mass is 10.1. The molecule has 0 aliphatic rings. The topological polar surface area (TPSA) is 89.9 Å². The SMILES string of the molecule is CCCCCCCCCOC(=O)C(C)OS(=O)(=O)O. The molecule has 0 saturated carbocycles. The zero-order valence-corrected chi connectivity index (χ0v) is 12.4. The molecule has 0 spiro atoms. The average molecular weight is 296 g/mol. The molecule has 0 rings (SSSR count). The van der Waals surface area contributed by atoms with E-state index in [1.54, 1.807) is 0 Å². The Hall–Kier alpha value is -0.660. The van der Waals surface area contributed by atoms with Crippen molar-refractivity contribution in [2.45, 2.75) is 64.9 Å². The van der Waals surface area contributed by atoms with Crippen LogP contribution in [0.15, 0.2) is 0 Å². The minimum absolute atomic E-state index is 0.242. The first kappa shape index (κ1) is 18.3. The van der Waals surface area contributed by atoms with Crippen molar-refractivity contribution in [1.29, 1.82) is 0 Å². The van der Waals surface area contributed by atoms with Crippen molar-refractivity contribution in [3.05, 3.63) is 0 Å². The Kier molecular flexibility index (Phi) is 9.81. The van der Waals surface area contributed by atoms with E-state index in [2.05, 4.69) is 11.1 Å². The predicted octanol–water partition coefficient (Wildman–Crippen LogP) is 2.49. The summed E-state index contributed by atoms with van der Waals surface area (Å²) in [7, 11) is -4.62. The van der Waals surface area contributed by atoms with Gasteiger partial charge in [-0.25, -0.2) is 8.98 Å². The first-order chi connectivity index (χ1) is 8.87. The van der Waals surface area contributed by atoms with Gasteiger partial charge in [0.25, 0.3) is 0 Å². The third-order valence-electron chi connectivity index (χ3n) is 2.59. The summed E-state index contributed by atoms with van der Waals surface area (Å²) in [5.74, 6) is -0.788. The maximum Gasteiger partial charge on any atom is 0.398 e. The first-order valence-electron chi connectivity index (χ1n) is 6.69. The fourth-order valence-corrected chi connectivity index (χ4v) is 2.01. The van der Waals surface area contributed by atoms with Crippen LogP contribution in [0.1, 0.15) is 58.8 Å². The Morgan fingerprint density at radius 1 is 1.11 bits per heavy atom.